The highest BCUT2D eigenvalue weighted by atomic mass is 32.1. The summed E-state index contributed by atoms with van der Waals surface area (Å²) < 4.78 is 12.9. The van der Waals surface area contributed by atoms with Crippen LogP contribution in [0.5, 0.6) is 0 Å². The van der Waals surface area contributed by atoms with E-state index in [4.69, 9.17) is 12.2 Å². The zero-order chi connectivity index (χ0) is 15.4. The minimum atomic E-state index is -0.170. The number of hydrogen-bond donors (Lipinski definition) is 1. The second-order valence-electron chi connectivity index (χ2n) is 6.32. The molecule has 1 aromatic carbocycles. The van der Waals surface area contributed by atoms with Gasteiger partial charge in [0.1, 0.15) is 5.82 Å². The predicted molar refractivity (Wildman–Crippen MR) is 91.2 cm³/mol. The summed E-state index contributed by atoms with van der Waals surface area (Å²) >= 11 is 5.55. The van der Waals surface area contributed by atoms with Gasteiger partial charge in [-0.2, -0.15) is 0 Å². The van der Waals surface area contributed by atoms with Crippen LogP contribution in [0.3, 0.4) is 0 Å². The van der Waals surface area contributed by atoms with Crippen LogP contribution in [0.15, 0.2) is 24.3 Å². The Bertz CT molecular complexity index is 491. The number of halogens is 1. The molecule has 120 valence electrons. The maximum Gasteiger partial charge on any atom is 0.169 e. The molecular weight excluding hydrogens is 297 g/mol. The van der Waals surface area contributed by atoms with Crippen molar-refractivity contribution in [1.29, 1.82) is 0 Å². The van der Waals surface area contributed by atoms with Crippen LogP contribution in [0.25, 0.3) is 0 Å². The van der Waals surface area contributed by atoms with Gasteiger partial charge in [0, 0.05) is 38.8 Å². The Balaban J connectivity index is 1.43. The van der Waals surface area contributed by atoms with Gasteiger partial charge in [0.2, 0.25) is 0 Å². The van der Waals surface area contributed by atoms with Crippen molar-refractivity contribution in [1.82, 2.24) is 15.1 Å². The molecule has 1 N–H and O–H groups in total. The standard InChI is InChI=1S/C17H24FN3S/c18-15-7-5-14(6-8-15)13-20-9-11-21(12-10-20)17(22)19-16-3-1-2-4-16/h5-8,16H,1-4,9-13H2,(H,19,22). The Hall–Kier alpha value is -1.20. The molecule has 1 heterocycles. The van der Waals surface area contributed by atoms with Crippen LogP contribution >= 0.6 is 12.2 Å². The SMILES string of the molecule is Fc1ccc(CN2CCN(C(=S)NC3CCCC3)CC2)cc1. The molecular formula is C17H24FN3S. The van der Waals surface area contributed by atoms with Crippen LogP contribution in [0.2, 0.25) is 0 Å². The van der Waals surface area contributed by atoms with Gasteiger partial charge < -0.3 is 10.2 Å². The molecule has 0 radical (unpaired) electrons. The molecule has 1 saturated heterocycles. The van der Waals surface area contributed by atoms with E-state index in [1.54, 1.807) is 0 Å². The molecule has 1 aliphatic heterocycles. The molecule has 2 fully saturated rings. The highest BCUT2D eigenvalue weighted by Crippen LogP contribution is 2.18. The van der Waals surface area contributed by atoms with Crippen molar-refractivity contribution in [3.63, 3.8) is 0 Å². The van der Waals surface area contributed by atoms with Crippen molar-refractivity contribution >= 4 is 17.3 Å². The molecule has 0 amide bonds. The molecule has 0 spiro atoms. The smallest absolute Gasteiger partial charge is 0.169 e. The van der Waals surface area contributed by atoms with E-state index in [-0.39, 0.29) is 5.82 Å². The fraction of sp³-hybridized carbons (Fsp3) is 0.588. The van der Waals surface area contributed by atoms with Crippen LogP contribution in [0, 0.1) is 5.82 Å². The average molecular weight is 321 g/mol. The molecule has 0 bridgehead atoms. The molecule has 0 aromatic heterocycles. The second kappa shape index (κ2) is 7.38. The summed E-state index contributed by atoms with van der Waals surface area (Å²) in [5, 5.41) is 4.44. The topological polar surface area (TPSA) is 18.5 Å². The van der Waals surface area contributed by atoms with Crippen molar-refractivity contribution in [3.8, 4) is 0 Å². The summed E-state index contributed by atoms with van der Waals surface area (Å²) in [5.41, 5.74) is 1.17. The van der Waals surface area contributed by atoms with E-state index in [0.717, 1.165) is 37.8 Å². The van der Waals surface area contributed by atoms with E-state index in [2.05, 4.69) is 15.1 Å². The van der Waals surface area contributed by atoms with Gasteiger partial charge in [-0.25, -0.2) is 4.39 Å². The first-order valence-corrected chi connectivity index (χ1v) is 8.64. The van der Waals surface area contributed by atoms with Gasteiger partial charge in [-0.3, -0.25) is 4.90 Å². The van der Waals surface area contributed by atoms with Gasteiger partial charge in [-0.05, 0) is 42.8 Å². The summed E-state index contributed by atoms with van der Waals surface area (Å²) in [7, 11) is 0. The highest BCUT2D eigenvalue weighted by molar-refractivity contribution is 7.80. The Kier molecular flexibility index (Phi) is 5.26. The number of rotatable bonds is 3. The molecule has 5 heteroatoms. The van der Waals surface area contributed by atoms with Crippen molar-refractivity contribution in [2.24, 2.45) is 0 Å². The lowest BCUT2D eigenvalue weighted by molar-refractivity contribution is 0.174. The van der Waals surface area contributed by atoms with E-state index in [9.17, 15) is 4.39 Å². The van der Waals surface area contributed by atoms with Crippen LogP contribution < -0.4 is 5.32 Å². The minimum Gasteiger partial charge on any atom is -0.360 e. The molecule has 1 aliphatic carbocycles. The summed E-state index contributed by atoms with van der Waals surface area (Å²) in [6, 6.07) is 7.39. The third kappa shape index (κ3) is 4.17. The lowest BCUT2D eigenvalue weighted by Crippen LogP contribution is -2.52. The molecule has 0 atom stereocenters. The Morgan fingerprint density at radius 1 is 1.09 bits per heavy atom. The maximum atomic E-state index is 12.9. The number of piperazine rings is 1. The van der Waals surface area contributed by atoms with Gasteiger partial charge >= 0.3 is 0 Å². The molecule has 1 aromatic rings. The molecule has 22 heavy (non-hydrogen) atoms. The molecule has 0 unspecified atom stereocenters. The first kappa shape index (κ1) is 15.7. The Morgan fingerprint density at radius 2 is 1.73 bits per heavy atom. The summed E-state index contributed by atoms with van der Waals surface area (Å²) in [5.74, 6) is -0.170. The molecule has 1 saturated carbocycles. The van der Waals surface area contributed by atoms with E-state index in [0.29, 0.717) is 6.04 Å². The van der Waals surface area contributed by atoms with Crippen LogP contribution in [0.4, 0.5) is 4.39 Å². The zero-order valence-corrected chi connectivity index (χ0v) is 13.7. The number of benzene rings is 1. The summed E-state index contributed by atoms with van der Waals surface area (Å²) in [6.45, 7) is 4.84. The Morgan fingerprint density at radius 3 is 2.36 bits per heavy atom. The third-order valence-corrected chi connectivity index (χ3v) is 5.04. The fourth-order valence-electron chi connectivity index (χ4n) is 3.29. The van der Waals surface area contributed by atoms with Crippen LogP contribution in [0.1, 0.15) is 31.2 Å². The quantitative estimate of drug-likeness (QED) is 0.863. The molecule has 3 rings (SSSR count). The van der Waals surface area contributed by atoms with Crippen molar-refractivity contribution in [3.05, 3.63) is 35.6 Å². The molecule has 3 nitrogen and oxygen atoms in total. The van der Waals surface area contributed by atoms with Crippen molar-refractivity contribution in [2.45, 2.75) is 38.3 Å². The molecule has 2 aliphatic rings. The number of thiocarbonyl (C=S) groups is 1. The predicted octanol–water partition coefficient (Wildman–Crippen LogP) is 2.76. The highest BCUT2D eigenvalue weighted by Gasteiger charge is 2.22. The van der Waals surface area contributed by atoms with Gasteiger partial charge in [0.15, 0.2) is 5.11 Å². The van der Waals surface area contributed by atoms with Gasteiger partial charge in [0.25, 0.3) is 0 Å². The minimum absolute atomic E-state index is 0.170. The number of hydrogen-bond acceptors (Lipinski definition) is 2. The van der Waals surface area contributed by atoms with E-state index in [1.165, 1.54) is 43.4 Å². The largest absolute Gasteiger partial charge is 0.360 e. The maximum absolute atomic E-state index is 12.9. The first-order valence-electron chi connectivity index (χ1n) is 8.23. The lowest BCUT2D eigenvalue weighted by atomic mass is 10.2. The summed E-state index contributed by atoms with van der Waals surface area (Å²) in [6.07, 6.45) is 5.16. The first-order chi connectivity index (χ1) is 10.7. The van der Waals surface area contributed by atoms with E-state index >= 15 is 0 Å². The Labute approximate surface area is 137 Å². The van der Waals surface area contributed by atoms with Gasteiger partial charge in [-0.1, -0.05) is 25.0 Å². The number of nitrogens with zero attached hydrogens (tertiary/aromatic N) is 2. The lowest BCUT2D eigenvalue weighted by Gasteiger charge is -2.37. The number of nitrogens with one attached hydrogen (secondary N) is 1. The summed E-state index contributed by atoms with van der Waals surface area (Å²) in [4.78, 5) is 4.69. The van der Waals surface area contributed by atoms with Crippen molar-refractivity contribution < 1.29 is 4.39 Å². The third-order valence-electron chi connectivity index (χ3n) is 4.66. The normalized spacial score (nSPS) is 20.3. The van der Waals surface area contributed by atoms with Gasteiger partial charge in [0.05, 0.1) is 0 Å². The van der Waals surface area contributed by atoms with Gasteiger partial charge in [-0.15, -0.1) is 0 Å². The van der Waals surface area contributed by atoms with Crippen LogP contribution in [-0.4, -0.2) is 47.1 Å². The second-order valence-corrected chi connectivity index (χ2v) is 6.71. The average Bonchev–Trinajstić information content (AvgIpc) is 3.03. The monoisotopic (exact) mass is 321 g/mol. The van der Waals surface area contributed by atoms with E-state index in [1.807, 2.05) is 12.1 Å². The fourth-order valence-corrected chi connectivity index (χ4v) is 3.64. The van der Waals surface area contributed by atoms with Crippen LogP contribution in [-0.2, 0) is 6.54 Å². The van der Waals surface area contributed by atoms with Crippen molar-refractivity contribution in [2.75, 3.05) is 26.2 Å². The zero-order valence-electron chi connectivity index (χ0n) is 12.9. The van der Waals surface area contributed by atoms with E-state index < -0.39 is 0 Å².